The predicted octanol–water partition coefficient (Wildman–Crippen LogP) is 2.93. The summed E-state index contributed by atoms with van der Waals surface area (Å²) >= 11 is 4.91. The van der Waals surface area contributed by atoms with Crippen molar-refractivity contribution in [3.8, 4) is 0 Å². The molecule has 0 fully saturated rings. The zero-order chi connectivity index (χ0) is 14.7. The summed E-state index contributed by atoms with van der Waals surface area (Å²) in [6, 6.07) is 5.86. The Balaban J connectivity index is 2.11. The van der Waals surface area contributed by atoms with Gasteiger partial charge >= 0.3 is 0 Å². The van der Waals surface area contributed by atoms with Crippen LogP contribution >= 0.6 is 27.3 Å². The average Bonchev–Trinajstić information content (AvgIpc) is 2.73. The normalized spacial score (nSPS) is 11.2. The molecule has 0 spiro atoms. The van der Waals surface area contributed by atoms with Crippen LogP contribution in [-0.4, -0.2) is 38.0 Å². The van der Waals surface area contributed by atoms with Gasteiger partial charge in [-0.1, -0.05) is 22.0 Å². The number of carbonyl (C=O) groups is 1. The molecule has 0 radical (unpaired) electrons. The van der Waals surface area contributed by atoms with Gasteiger partial charge in [0.2, 0.25) is 0 Å². The minimum atomic E-state index is -0.0886. The third kappa shape index (κ3) is 3.31. The standard InChI is InChI=1S/C14H18BrN3OS/c1-18(2)8-4-7-17-14(19)13-12(16)11-9(15)5-3-6-10(11)20-13/h3,5-6H,4,7-8,16H2,1-2H3,(H,17,19). The number of anilines is 1. The molecule has 108 valence electrons. The van der Waals surface area contributed by atoms with Gasteiger partial charge in [0.05, 0.1) is 5.69 Å². The molecule has 1 heterocycles. The van der Waals surface area contributed by atoms with Crippen molar-refractivity contribution >= 4 is 48.9 Å². The topological polar surface area (TPSA) is 58.4 Å². The lowest BCUT2D eigenvalue weighted by atomic mass is 10.2. The number of nitrogen functional groups attached to an aromatic ring is 1. The number of halogens is 1. The Bertz CT molecular complexity index is 624. The molecule has 0 saturated carbocycles. The van der Waals surface area contributed by atoms with E-state index in [1.165, 1.54) is 11.3 Å². The molecule has 0 aliphatic rings. The second-order valence-electron chi connectivity index (χ2n) is 4.87. The monoisotopic (exact) mass is 355 g/mol. The van der Waals surface area contributed by atoms with Crippen LogP contribution in [-0.2, 0) is 0 Å². The van der Waals surface area contributed by atoms with Crippen molar-refractivity contribution in [2.75, 3.05) is 32.9 Å². The van der Waals surface area contributed by atoms with Crippen LogP contribution in [0.15, 0.2) is 22.7 Å². The second kappa shape index (κ2) is 6.56. The number of hydrogen-bond donors (Lipinski definition) is 2. The Hall–Kier alpha value is -1.11. The quantitative estimate of drug-likeness (QED) is 0.810. The van der Waals surface area contributed by atoms with Gasteiger partial charge in [0.25, 0.3) is 5.91 Å². The molecule has 1 aromatic carbocycles. The Morgan fingerprint density at radius 2 is 2.20 bits per heavy atom. The van der Waals surface area contributed by atoms with E-state index in [1.807, 2.05) is 32.3 Å². The third-order valence-electron chi connectivity index (χ3n) is 2.98. The van der Waals surface area contributed by atoms with Crippen LogP contribution in [0, 0.1) is 0 Å². The van der Waals surface area contributed by atoms with Gasteiger partial charge in [-0.15, -0.1) is 11.3 Å². The summed E-state index contributed by atoms with van der Waals surface area (Å²) in [6.07, 6.45) is 0.924. The fourth-order valence-corrected chi connectivity index (χ4v) is 3.75. The van der Waals surface area contributed by atoms with Gasteiger partial charge in [0.15, 0.2) is 0 Å². The van der Waals surface area contributed by atoms with E-state index in [1.54, 1.807) is 0 Å². The number of nitrogens with one attached hydrogen (secondary N) is 1. The van der Waals surface area contributed by atoms with Crippen LogP contribution in [0.5, 0.6) is 0 Å². The second-order valence-corrected chi connectivity index (χ2v) is 6.78. The molecular weight excluding hydrogens is 338 g/mol. The van der Waals surface area contributed by atoms with Crippen molar-refractivity contribution < 1.29 is 4.79 Å². The molecule has 0 aliphatic heterocycles. The summed E-state index contributed by atoms with van der Waals surface area (Å²) in [5.74, 6) is -0.0886. The van der Waals surface area contributed by atoms with Crippen molar-refractivity contribution in [2.24, 2.45) is 0 Å². The number of nitrogens with two attached hydrogens (primary N) is 1. The van der Waals surface area contributed by atoms with Gasteiger partial charge in [-0.05, 0) is 39.2 Å². The molecule has 3 N–H and O–H groups in total. The van der Waals surface area contributed by atoms with Crippen molar-refractivity contribution in [1.82, 2.24) is 10.2 Å². The number of nitrogens with zero attached hydrogens (tertiary/aromatic N) is 1. The highest BCUT2D eigenvalue weighted by atomic mass is 79.9. The number of rotatable bonds is 5. The smallest absolute Gasteiger partial charge is 0.263 e. The first-order valence-electron chi connectivity index (χ1n) is 6.40. The Morgan fingerprint density at radius 1 is 1.45 bits per heavy atom. The van der Waals surface area contributed by atoms with Crippen LogP contribution in [0.25, 0.3) is 10.1 Å². The minimum Gasteiger partial charge on any atom is -0.397 e. The summed E-state index contributed by atoms with van der Waals surface area (Å²) in [7, 11) is 4.03. The van der Waals surface area contributed by atoms with E-state index in [-0.39, 0.29) is 5.91 Å². The van der Waals surface area contributed by atoms with Crippen molar-refractivity contribution in [2.45, 2.75) is 6.42 Å². The Morgan fingerprint density at radius 3 is 2.85 bits per heavy atom. The number of thiophene rings is 1. The summed E-state index contributed by atoms with van der Waals surface area (Å²) in [6.45, 7) is 1.61. The number of carbonyl (C=O) groups excluding carboxylic acids is 1. The summed E-state index contributed by atoms with van der Waals surface area (Å²) in [4.78, 5) is 14.9. The maximum Gasteiger partial charge on any atom is 0.263 e. The molecule has 0 bridgehead atoms. The predicted molar refractivity (Wildman–Crippen MR) is 89.4 cm³/mol. The highest BCUT2D eigenvalue weighted by Gasteiger charge is 2.17. The first-order chi connectivity index (χ1) is 9.50. The zero-order valence-electron chi connectivity index (χ0n) is 11.6. The fourth-order valence-electron chi connectivity index (χ4n) is 1.98. The molecule has 0 unspecified atom stereocenters. The van der Waals surface area contributed by atoms with Crippen LogP contribution in [0.2, 0.25) is 0 Å². The molecule has 20 heavy (non-hydrogen) atoms. The number of amides is 1. The lowest BCUT2D eigenvalue weighted by molar-refractivity contribution is 0.0957. The van der Waals surface area contributed by atoms with Crippen LogP contribution in [0.1, 0.15) is 16.1 Å². The SMILES string of the molecule is CN(C)CCCNC(=O)c1sc2cccc(Br)c2c1N. The van der Waals surface area contributed by atoms with E-state index in [9.17, 15) is 4.79 Å². The van der Waals surface area contributed by atoms with Crippen molar-refractivity contribution in [3.05, 3.63) is 27.5 Å². The van der Waals surface area contributed by atoms with Gasteiger partial charge < -0.3 is 16.0 Å². The molecule has 2 rings (SSSR count). The molecular formula is C14H18BrN3OS. The third-order valence-corrected chi connectivity index (χ3v) is 4.81. The number of fused-ring (bicyclic) bond motifs is 1. The van der Waals surface area contributed by atoms with Gasteiger partial charge in [0, 0.05) is 21.1 Å². The van der Waals surface area contributed by atoms with Crippen LogP contribution in [0.4, 0.5) is 5.69 Å². The number of hydrogen-bond acceptors (Lipinski definition) is 4. The maximum atomic E-state index is 12.2. The van der Waals surface area contributed by atoms with Crippen molar-refractivity contribution in [1.29, 1.82) is 0 Å². The van der Waals surface area contributed by atoms with Crippen LogP contribution in [0.3, 0.4) is 0 Å². The summed E-state index contributed by atoms with van der Waals surface area (Å²) in [5, 5.41) is 3.85. The molecule has 4 nitrogen and oxygen atoms in total. The highest BCUT2D eigenvalue weighted by molar-refractivity contribution is 9.10. The van der Waals surface area contributed by atoms with E-state index in [4.69, 9.17) is 5.73 Å². The van der Waals surface area contributed by atoms with E-state index in [0.717, 1.165) is 27.5 Å². The molecule has 1 amide bonds. The molecule has 1 aromatic heterocycles. The molecule has 0 saturated heterocycles. The Kier molecular flexibility index (Phi) is 5.01. The lowest BCUT2D eigenvalue weighted by Gasteiger charge is -2.09. The zero-order valence-corrected chi connectivity index (χ0v) is 14.0. The maximum absolute atomic E-state index is 12.2. The van der Waals surface area contributed by atoms with Gasteiger partial charge in [0.1, 0.15) is 4.88 Å². The minimum absolute atomic E-state index is 0.0886. The molecule has 0 aliphatic carbocycles. The molecule has 2 aromatic rings. The van der Waals surface area contributed by atoms with E-state index < -0.39 is 0 Å². The van der Waals surface area contributed by atoms with E-state index in [2.05, 4.69) is 26.1 Å². The largest absolute Gasteiger partial charge is 0.397 e. The van der Waals surface area contributed by atoms with Crippen molar-refractivity contribution in [3.63, 3.8) is 0 Å². The highest BCUT2D eigenvalue weighted by Crippen LogP contribution is 2.37. The van der Waals surface area contributed by atoms with E-state index in [0.29, 0.717) is 17.1 Å². The van der Waals surface area contributed by atoms with Gasteiger partial charge in [-0.2, -0.15) is 0 Å². The van der Waals surface area contributed by atoms with Crippen LogP contribution < -0.4 is 11.1 Å². The Labute approximate surface area is 131 Å². The first kappa shape index (κ1) is 15.3. The summed E-state index contributed by atoms with van der Waals surface area (Å²) in [5.41, 5.74) is 6.66. The molecule has 6 heteroatoms. The lowest BCUT2D eigenvalue weighted by Crippen LogP contribution is -2.27. The fraction of sp³-hybridized carbons (Fsp3) is 0.357. The summed E-state index contributed by atoms with van der Waals surface area (Å²) < 4.78 is 1.95. The van der Waals surface area contributed by atoms with Gasteiger partial charge in [-0.25, -0.2) is 0 Å². The molecule has 0 atom stereocenters. The average molecular weight is 356 g/mol. The van der Waals surface area contributed by atoms with Gasteiger partial charge in [-0.3, -0.25) is 4.79 Å². The number of benzene rings is 1. The first-order valence-corrected chi connectivity index (χ1v) is 8.01. The van der Waals surface area contributed by atoms with E-state index >= 15 is 0 Å².